The number of carbonyl (C=O) groups excluding carboxylic acids is 1. The summed E-state index contributed by atoms with van der Waals surface area (Å²) in [5, 5.41) is 0. The first-order chi connectivity index (χ1) is 5.95. The van der Waals surface area contributed by atoms with Crippen LogP contribution in [0.25, 0.3) is 0 Å². The first kappa shape index (κ1) is 10.8. The summed E-state index contributed by atoms with van der Waals surface area (Å²) in [6.07, 6.45) is -4.29. The molecule has 0 amide bonds. The lowest BCUT2D eigenvalue weighted by atomic mass is 9.79. The van der Waals surface area contributed by atoms with E-state index >= 15 is 0 Å². The Morgan fingerprint density at radius 3 is 2.54 bits per heavy atom. The first-order valence-electron chi connectivity index (χ1n) is 4.09. The molecule has 1 aliphatic rings. The minimum Gasteiger partial charge on any atom is -0.300 e. The van der Waals surface area contributed by atoms with Crippen LogP contribution in [0.2, 0.25) is 0 Å². The van der Waals surface area contributed by atoms with Crippen LogP contribution in [0.4, 0.5) is 13.2 Å². The second kappa shape index (κ2) is 3.86. The number of carbonyl (C=O) groups is 1. The highest BCUT2D eigenvalue weighted by atomic mass is 35.5. The third-order valence-corrected chi connectivity index (χ3v) is 2.81. The molecule has 1 saturated carbocycles. The van der Waals surface area contributed by atoms with Crippen molar-refractivity contribution in [2.45, 2.75) is 25.4 Å². The smallest absolute Gasteiger partial charge is 0.300 e. The van der Waals surface area contributed by atoms with E-state index in [2.05, 4.69) is 0 Å². The van der Waals surface area contributed by atoms with E-state index < -0.39 is 18.0 Å². The van der Waals surface area contributed by atoms with Gasteiger partial charge in [0.2, 0.25) is 0 Å². The number of rotatable bonds is 1. The first-order valence-corrected chi connectivity index (χ1v) is 4.63. The van der Waals surface area contributed by atoms with Crippen LogP contribution in [0.5, 0.6) is 0 Å². The van der Waals surface area contributed by atoms with Crippen LogP contribution in [0.15, 0.2) is 0 Å². The van der Waals surface area contributed by atoms with Crippen molar-refractivity contribution in [3.8, 4) is 0 Å². The van der Waals surface area contributed by atoms with Gasteiger partial charge in [0.25, 0.3) is 0 Å². The van der Waals surface area contributed by atoms with E-state index in [9.17, 15) is 18.0 Å². The highest BCUT2D eigenvalue weighted by Gasteiger charge is 2.46. The largest absolute Gasteiger partial charge is 0.392 e. The molecule has 2 unspecified atom stereocenters. The van der Waals surface area contributed by atoms with Gasteiger partial charge >= 0.3 is 6.18 Å². The Morgan fingerprint density at radius 1 is 1.46 bits per heavy atom. The molecule has 0 aromatic rings. The Morgan fingerprint density at radius 2 is 2.08 bits per heavy atom. The van der Waals surface area contributed by atoms with Crippen molar-refractivity contribution in [3.63, 3.8) is 0 Å². The molecular formula is C8H10ClF3O. The van der Waals surface area contributed by atoms with Crippen LogP contribution in [0.1, 0.15) is 19.3 Å². The van der Waals surface area contributed by atoms with Crippen LogP contribution in [-0.2, 0) is 4.79 Å². The molecule has 1 rings (SSSR count). The second-order valence-corrected chi connectivity index (χ2v) is 3.65. The summed E-state index contributed by atoms with van der Waals surface area (Å²) >= 11 is 5.39. The predicted octanol–water partition coefficient (Wildman–Crippen LogP) is 2.77. The van der Waals surface area contributed by atoms with Gasteiger partial charge in [0, 0.05) is 18.7 Å². The number of halogens is 4. The molecular weight excluding hydrogens is 205 g/mol. The molecule has 0 aromatic heterocycles. The molecule has 5 heteroatoms. The lowest BCUT2D eigenvalue weighted by molar-refractivity contribution is -0.193. The molecule has 0 heterocycles. The van der Waals surface area contributed by atoms with Gasteiger partial charge in [-0.25, -0.2) is 0 Å². The van der Waals surface area contributed by atoms with Crippen molar-refractivity contribution in [3.05, 3.63) is 0 Å². The van der Waals surface area contributed by atoms with E-state index in [4.69, 9.17) is 11.6 Å². The molecule has 1 fully saturated rings. The Labute approximate surface area is 79.2 Å². The fourth-order valence-corrected chi connectivity index (χ4v) is 2.01. The number of Topliss-reactive ketones (excluding diaryl/α,β-unsaturated/α-hetero) is 1. The van der Waals surface area contributed by atoms with Gasteiger partial charge in [-0.2, -0.15) is 13.2 Å². The third kappa shape index (κ3) is 2.59. The normalized spacial score (nSPS) is 30.6. The van der Waals surface area contributed by atoms with E-state index in [0.717, 1.165) is 0 Å². The van der Waals surface area contributed by atoms with Gasteiger partial charge < -0.3 is 0 Å². The van der Waals surface area contributed by atoms with E-state index in [-0.39, 0.29) is 30.9 Å². The van der Waals surface area contributed by atoms with Gasteiger partial charge in [-0.05, 0) is 12.3 Å². The van der Waals surface area contributed by atoms with Crippen molar-refractivity contribution in [2.24, 2.45) is 11.8 Å². The fraction of sp³-hybridized carbons (Fsp3) is 0.875. The number of hydrogen-bond donors (Lipinski definition) is 0. The second-order valence-electron chi connectivity index (χ2n) is 3.34. The Kier molecular flexibility index (Phi) is 3.22. The van der Waals surface area contributed by atoms with Crippen molar-refractivity contribution >= 4 is 17.4 Å². The molecule has 0 spiro atoms. The van der Waals surface area contributed by atoms with Gasteiger partial charge in [-0.3, -0.25) is 4.79 Å². The lowest BCUT2D eigenvalue weighted by Gasteiger charge is -2.30. The summed E-state index contributed by atoms with van der Waals surface area (Å²) in [7, 11) is 0. The average molecular weight is 215 g/mol. The maximum atomic E-state index is 12.3. The zero-order valence-corrected chi connectivity index (χ0v) is 7.66. The highest BCUT2D eigenvalue weighted by molar-refractivity contribution is 6.18. The van der Waals surface area contributed by atoms with Gasteiger partial charge in [0.1, 0.15) is 5.78 Å². The van der Waals surface area contributed by atoms with Gasteiger partial charge in [0.05, 0.1) is 5.92 Å². The highest BCUT2D eigenvalue weighted by Crippen LogP contribution is 2.40. The molecule has 1 aliphatic carbocycles. The fourth-order valence-electron chi connectivity index (χ4n) is 1.68. The van der Waals surface area contributed by atoms with Crippen LogP contribution in [-0.4, -0.2) is 17.8 Å². The zero-order valence-electron chi connectivity index (χ0n) is 6.90. The predicted molar refractivity (Wildman–Crippen MR) is 42.6 cm³/mol. The van der Waals surface area contributed by atoms with E-state index in [1.54, 1.807) is 0 Å². The summed E-state index contributed by atoms with van der Waals surface area (Å²) in [5.74, 6) is -2.30. The summed E-state index contributed by atoms with van der Waals surface area (Å²) < 4.78 is 37.0. The van der Waals surface area contributed by atoms with Crippen molar-refractivity contribution in [1.29, 1.82) is 0 Å². The van der Waals surface area contributed by atoms with Crippen molar-refractivity contribution in [1.82, 2.24) is 0 Å². The van der Waals surface area contributed by atoms with E-state index in [1.807, 2.05) is 0 Å². The van der Waals surface area contributed by atoms with Gasteiger partial charge in [-0.1, -0.05) is 0 Å². The summed E-state index contributed by atoms with van der Waals surface area (Å²) in [5.41, 5.74) is 0. The Balaban J connectivity index is 2.68. The molecule has 0 aliphatic heterocycles. The molecule has 0 aromatic carbocycles. The monoisotopic (exact) mass is 214 g/mol. The molecule has 0 N–H and O–H groups in total. The molecule has 2 atom stereocenters. The maximum absolute atomic E-state index is 12.3. The Bertz CT molecular complexity index is 202. The van der Waals surface area contributed by atoms with Crippen LogP contribution in [0.3, 0.4) is 0 Å². The van der Waals surface area contributed by atoms with Gasteiger partial charge in [0.15, 0.2) is 0 Å². The van der Waals surface area contributed by atoms with E-state index in [1.165, 1.54) is 0 Å². The summed E-state index contributed by atoms with van der Waals surface area (Å²) in [6, 6.07) is 0. The van der Waals surface area contributed by atoms with Crippen molar-refractivity contribution in [2.75, 3.05) is 5.88 Å². The third-order valence-electron chi connectivity index (χ3n) is 2.41. The molecule has 76 valence electrons. The minimum atomic E-state index is -4.21. The topological polar surface area (TPSA) is 17.1 Å². The molecule has 0 saturated heterocycles. The van der Waals surface area contributed by atoms with Crippen LogP contribution >= 0.6 is 11.6 Å². The molecule has 0 radical (unpaired) electrons. The summed E-state index contributed by atoms with van der Waals surface area (Å²) in [6.45, 7) is 0. The Hall–Kier alpha value is -0.250. The lowest BCUT2D eigenvalue weighted by Crippen LogP contribution is -2.36. The number of alkyl halides is 4. The van der Waals surface area contributed by atoms with Crippen LogP contribution in [0, 0.1) is 11.8 Å². The van der Waals surface area contributed by atoms with Crippen LogP contribution < -0.4 is 0 Å². The molecule has 0 bridgehead atoms. The maximum Gasteiger partial charge on any atom is 0.392 e. The summed E-state index contributed by atoms with van der Waals surface area (Å²) in [4.78, 5) is 10.9. The average Bonchev–Trinajstić information content (AvgIpc) is 2.01. The standard InChI is InChI=1S/C8H10ClF3O/c9-4-5-3-6(13)1-2-7(5)8(10,11)12/h5,7H,1-4H2. The minimum absolute atomic E-state index is 0.0202. The van der Waals surface area contributed by atoms with Crippen molar-refractivity contribution < 1.29 is 18.0 Å². The number of hydrogen-bond acceptors (Lipinski definition) is 1. The SMILES string of the molecule is O=C1CCC(C(F)(F)F)C(CCl)C1. The quantitative estimate of drug-likeness (QED) is 0.614. The molecule has 13 heavy (non-hydrogen) atoms. The number of ketones is 1. The van der Waals surface area contributed by atoms with Gasteiger partial charge in [-0.15, -0.1) is 11.6 Å². The van der Waals surface area contributed by atoms with E-state index in [0.29, 0.717) is 0 Å². The molecule has 1 nitrogen and oxygen atoms in total. The zero-order chi connectivity index (χ0) is 10.1.